The third-order valence-electron chi connectivity index (χ3n) is 6.77. The molecule has 3 N–H and O–H groups in total. The molecule has 39 heavy (non-hydrogen) atoms. The molecule has 1 aliphatic rings. The Labute approximate surface area is 228 Å². The van der Waals surface area contributed by atoms with Crippen molar-refractivity contribution in [3.8, 4) is 11.1 Å². The SMILES string of the molecule is Cc1ccc(NS(=O)(=O)c2ccc3c(c2)/C(=N/O)c2cc(S(=O)(=O)Nc4cc(C)ccc4C)ccc2-3)c(C)c1. The number of hydrogen-bond donors (Lipinski definition) is 3. The van der Waals surface area contributed by atoms with Gasteiger partial charge in [-0.25, -0.2) is 16.8 Å². The van der Waals surface area contributed by atoms with Crippen molar-refractivity contribution in [2.75, 3.05) is 9.44 Å². The maximum absolute atomic E-state index is 13.2. The van der Waals surface area contributed by atoms with E-state index in [9.17, 15) is 22.0 Å². The average Bonchev–Trinajstić information content (AvgIpc) is 3.20. The normalized spacial score (nSPS) is 13.7. The Morgan fingerprint density at radius 1 is 0.564 bits per heavy atom. The highest BCUT2D eigenvalue weighted by Crippen LogP contribution is 2.39. The van der Waals surface area contributed by atoms with E-state index in [1.165, 1.54) is 24.3 Å². The molecule has 0 atom stereocenters. The van der Waals surface area contributed by atoms with Crippen molar-refractivity contribution in [2.45, 2.75) is 37.5 Å². The molecule has 5 rings (SSSR count). The predicted octanol–water partition coefficient (Wildman–Crippen LogP) is 5.73. The topological polar surface area (TPSA) is 125 Å². The Morgan fingerprint density at radius 2 is 1.08 bits per heavy atom. The van der Waals surface area contributed by atoms with Gasteiger partial charge in [-0.05, 0) is 91.9 Å². The first-order chi connectivity index (χ1) is 18.4. The van der Waals surface area contributed by atoms with Crippen LogP contribution in [0.5, 0.6) is 0 Å². The fourth-order valence-electron chi connectivity index (χ4n) is 4.68. The van der Waals surface area contributed by atoms with Crippen molar-refractivity contribution >= 4 is 37.1 Å². The summed E-state index contributed by atoms with van der Waals surface area (Å²) in [6, 6.07) is 20.0. The molecule has 0 fully saturated rings. The Bertz CT molecular complexity index is 1900. The van der Waals surface area contributed by atoms with Crippen LogP contribution in [0.3, 0.4) is 0 Å². The summed E-state index contributed by atoms with van der Waals surface area (Å²) in [5, 5.41) is 13.3. The second kappa shape index (κ2) is 9.55. The molecular weight excluding hydrogens is 534 g/mol. The van der Waals surface area contributed by atoms with Crippen LogP contribution in [0.15, 0.2) is 87.7 Å². The highest BCUT2D eigenvalue weighted by molar-refractivity contribution is 7.93. The molecule has 0 saturated heterocycles. The molecule has 0 aromatic heterocycles. The maximum atomic E-state index is 13.2. The van der Waals surface area contributed by atoms with Gasteiger partial charge in [-0.2, -0.15) is 0 Å². The van der Waals surface area contributed by atoms with E-state index in [0.29, 0.717) is 33.6 Å². The number of anilines is 2. The minimum atomic E-state index is -3.96. The summed E-state index contributed by atoms with van der Waals surface area (Å²) in [6.07, 6.45) is 0. The second-order valence-electron chi connectivity index (χ2n) is 9.71. The first kappa shape index (κ1) is 26.5. The van der Waals surface area contributed by atoms with Crippen LogP contribution in [0.25, 0.3) is 11.1 Å². The van der Waals surface area contributed by atoms with E-state index in [1.807, 2.05) is 52.0 Å². The zero-order valence-electron chi connectivity index (χ0n) is 21.8. The molecule has 1 aliphatic carbocycles. The molecule has 0 saturated carbocycles. The minimum Gasteiger partial charge on any atom is -0.410 e. The number of rotatable bonds is 6. The molecule has 8 nitrogen and oxygen atoms in total. The monoisotopic (exact) mass is 561 g/mol. The lowest BCUT2D eigenvalue weighted by Crippen LogP contribution is -2.15. The molecule has 4 aromatic rings. The number of nitrogens with one attached hydrogen (secondary N) is 2. The summed E-state index contributed by atoms with van der Waals surface area (Å²) >= 11 is 0. The van der Waals surface area contributed by atoms with Crippen LogP contribution >= 0.6 is 0 Å². The zero-order valence-corrected chi connectivity index (χ0v) is 23.4. The molecule has 0 heterocycles. The number of sulfonamides is 2. The van der Waals surface area contributed by atoms with Crippen molar-refractivity contribution in [1.82, 2.24) is 0 Å². The van der Waals surface area contributed by atoms with Gasteiger partial charge in [0, 0.05) is 11.1 Å². The first-order valence-electron chi connectivity index (χ1n) is 12.1. The number of benzene rings is 4. The van der Waals surface area contributed by atoms with Crippen LogP contribution in [0.4, 0.5) is 11.4 Å². The van der Waals surface area contributed by atoms with Crippen molar-refractivity contribution < 1.29 is 22.0 Å². The predicted molar refractivity (Wildman–Crippen MR) is 153 cm³/mol. The highest BCUT2D eigenvalue weighted by atomic mass is 32.2. The van der Waals surface area contributed by atoms with E-state index >= 15 is 0 Å². The molecule has 10 heteroatoms. The Hall–Kier alpha value is -4.15. The van der Waals surface area contributed by atoms with Crippen molar-refractivity contribution in [3.63, 3.8) is 0 Å². The van der Waals surface area contributed by atoms with E-state index in [-0.39, 0.29) is 15.5 Å². The van der Waals surface area contributed by atoms with Crippen molar-refractivity contribution in [3.05, 3.63) is 106 Å². The quantitative estimate of drug-likeness (QED) is 0.180. The standard InChI is InChI=1S/C29H27N3O5S2/c1-17-6-12-27(20(4)13-17)31-38(34,35)21-8-10-23-24-11-9-22(16-26(24)29(30-33)25(23)15-21)39(36,37)32-28-14-18(2)5-7-19(28)3/h5-16,31-33H,1-4H3/b30-29-. The molecule has 0 spiro atoms. The van der Waals surface area contributed by atoms with Gasteiger partial charge in [-0.1, -0.05) is 47.1 Å². The molecule has 0 bridgehead atoms. The second-order valence-corrected chi connectivity index (χ2v) is 13.1. The van der Waals surface area contributed by atoms with Crippen molar-refractivity contribution in [1.29, 1.82) is 0 Å². The molecule has 0 unspecified atom stereocenters. The molecule has 200 valence electrons. The van der Waals surface area contributed by atoms with Crippen LogP contribution in [0.2, 0.25) is 0 Å². The molecule has 0 radical (unpaired) electrons. The molecule has 4 aromatic carbocycles. The van der Waals surface area contributed by atoms with Crippen LogP contribution in [-0.2, 0) is 20.0 Å². The maximum Gasteiger partial charge on any atom is 0.261 e. The fourth-order valence-corrected chi connectivity index (χ4v) is 6.98. The number of fused-ring (bicyclic) bond motifs is 3. The smallest absolute Gasteiger partial charge is 0.261 e. The Balaban J connectivity index is 1.50. The van der Waals surface area contributed by atoms with E-state index in [2.05, 4.69) is 14.6 Å². The van der Waals surface area contributed by atoms with Crippen LogP contribution in [-0.4, -0.2) is 27.8 Å². The number of aryl methyl sites for hydroxylation is 4. The van der Waals surface area contributed by atoms with Gasteiger partial charge in [-0.3, -0.25) is 9.44 Å². The number of hydrogen-bond acceptors (Lipinski definition) is 6. The Kier molecular flexibility index (Phi) is 6.48. The molecular formula is C29H27N3O5S2. The van der Waals surface area contributed by atoms with E-state index < -0.39 is 20.0 Å². The summed E-state index contributed by atoms with van der Waals surface area (Å²) in [7, 11) is -7.91. The number of oxime groups is 1. The zero-order chi connectivity index (χ0) is 28.1. The van der Waals surface area contributed by atoms with Gasteiger partial charge in [-0.15, -0.1) is 0 Å². The average molecular weight is 562 g/mol. The Morgan fingerprint density at radius 3 is 1.62 bits per heavy atom. The van der Waals surface area contributed by atoms with E-state index in [1.54, 1.807) is 24.3 Å². The lowest BCUT2D eigenvalue weighted by atomic mass is 10.1. The van der Waals surface area contributed by atoms with Crippen LogP contribution < -0.4 is 9.44 Å². The van der Waals surface area contributed by atoms with Crippen molar-refractivity contribution in [2.24, 2.45) is 5.16 Å². The molecule has 0 amide bonds. The van der Waals surface area contributed by atoms with Crippen LogP contribution in [0.1, 0.15) is 33.4 Å². The summed E-state index contributed by atoms with van der Waals surface area (Å²) in [4.78, 5) is -0.0277. The van der Waals surface area contributed by atoms with Crippen LogP contribution in [0, 0.1) is 27.7 Å². The molecule has 0 aliphatic heterocycles. The van der Waals surface area contributed by atoms with E-state index in [4.69, 9.17) is 0 Å². The summed E-state index contributed by atoms with van der Waals surface area (Å²) in [5.41, 5.74) is 6.55. The summed E-state index contributed by atoms with van der Waals surface area (Å²) in [5.74, 6) is 0. The van der Waals surface area contributed by atoms with E-state index in [0.717, 1.165) is 22.3 Å². The van der Waals surface area contributed by atoms with Gasteiger partial charge >= 0.3 is 0 Å². The fraction of sp³-hybridized carbons (Fsp3) is 0.138. The van der Waals surface area contributed by atoms with Gasteiger partial charge in [0.25, 0.3) is 20.0 Å². The third-order valence-corrected chi connectivity index (χ3v) is 9.49. The minimum absolute atomic E-state index is 0.0135. The highest BCUT2D eigenvalue weighted by Gasteiger charge is 2.30. The van der Waals surface area contributed by atoms with Gasteiger partial charge in [0.2, 0.25) is 0 Å². The summed E-state index contributed by atoms with van der Waals surface area (Å²) in [6.45, 7) is 7.44. The first-order valence-corrected chi connectivity index (χ1v) is 15.1. The largest absolute Gasteiger partial charge is 0.410 e. The van der Waals surface area contributed by atoms with Gasteiger partial charge in [0.1, 0.15) is 5.71 Å². The lowest BCUT2D eigenvalue weighted by molar-refractivity contribution is 0.320. The van der Waals surface area contributed by atoms with Gasteiger partial charge in [0.05, 0.1) is 21.2 Å². The van der Waals surface area contributed by atoms with Gasteiger partial charge < -0.3 is 5.21 Å². The third kappa shape index (κ3) is 4.88. The van der Waals surface area contributed by atoms with Gasteiger partial charge in [0.15, 0.2) is 0 Å². The summed E-state index contributed by atoms with van der Waals surface area (Å²) < 4.78 is 58.2. The lowest BCUT2D eigenvalue weighted by Gasteiger charge is -2.12. The number of nitrogens with zero attached hydrogens (tertiary/aromatic N) is 1.